The Morgan fingerprint density at radius 3 is 1.52 bits per heavy atom. The van der Waals surface area contributed by atoms with Crippen molar-refractivity contribution >= 4 is 19.8 Å². The van der Waals surface area contributed by atoms with Gasteiger partial charge >= 0.3 is 19.8 Å². The first-order chi connectivity index (χ1) is 22.3. The normalized spacial score (nSPS) is 12.9. The van der Waals surface area contributed by atoms with Gasteiger partial charge in [-0.2, -0.15) is 0 Å². The molecule has 0 saturated carbocycles. The van der Waals surface area contributed by atoms with Gasteiger partial charge in [0.05, 0.1) is 6.61 Å². The highest BCUT2D eigenvalue weighted by Crippen LogP contribution is 2.36. The number of allylic oxidation sites excluding steroid dienone is 6. The van der Waals surface area contributed by atoms with Crippen LogP contribution in [0.5, 0.6) is 0 Å². The van der Waals surface area contributed by atoms with E-state index >= 15 is 0 Å². The topological polar surface area (TPSA) is 119 Å². The van der Waals surface area contributed by atoms with Gasteiger partial charge in [0.15, 0.2) is 6.10 Å². The van der Waals surface area contributed by atoms with E-state index < -0.39 is 32.5 Å². The quantitative estimate of drug-likeness (QED) is 0.0306. The number of esters is 2. The van der Waals surface area contributed by atoms with Crippen LogP contribution in [0, 0.1) is 0 Å². The molecule has 0 fully saturated rings. The van der Waals surface area contributed by atoms with E-state index in [1.54, 1.807) is 0 Å². The second-order valence-electron chi connectivity index (χ2n) is 12.2. The molecule has 0 spiro atoms. The third kappa shape index (κ3) is 35.1. The lowest BCUT2D eigenvalue weighted by molar-refractivity contribution is -0.161. The van der Waals surface area contributed by atoms with Crippen LogP contribution in [0.15, 0.2) is 36.5 Å². The third-order valence-corrected chi connectivity index (χ3v) is 8.12. The molecule has 2 N–H and O–H groups in total. The third-order valence-electron chi connectivity index (χ3n) is 7.63. The van der Waals surface area contributed by atoms with Crippen LogP contribution in [0.2, 0.25) is 0 Å². The van der Waals surface area contributed by atoms with Gasteiger partial charge in [0.25, 0.3) is 0 Å². The second kappa shape index (κ2) is 33.2. The van der Waals surface area contributed by atoms with Crippen LogP contribution in [-0.2, 0) is 28.2 Å². The summed E-state index contributed by atoms with van der Waals surface area (Å²) in [5, 5.41) is 0. The van der Waals surface area contributed by atoms with E-state index in [9.17, 15) is 14.2 Å². The maximum Gasteiger partial charge on any atom is 0.469 e. The van der Waals surface area contributed by atoms with Gasteiger partial charge in [-0.3, -0.25) is 14.1 Å². The van der Waals surface area contributed by atoms with Gasteiger partial charge in [-0.1, -0.05) is 127 Å². The molecule has 0 rings (SSSR count). The van der Waals surface area contributed by atoms with Crippen molar-refractivity contribution in [3.05, 3.63) is 36.5 Å². The summed E-state index contributed by atoms with van der Waals surface area (Å²) in [5.41, 5.74) is 0. The van der Waals surface area contributed by atoms with E-state index in [4.69, 9.17) is 19.3 Å². The zero-order valence-corrected chi connectivity index (χ0v) is 30.1. The fourth-order valence-corrected chi connectivity index (χ4v) is 5.21. The van der Waals surface area contributed by atoms with Crippen molar-refractivity contribution in [1.82, 2.24) is 0 Å². The van der Waals surface area contributed by atoms with Gasteiger partial charge in [-0.05, 0) is 64.2 Å². The monoisotopic (exact) mass is 670 g/mol. The predicted molar refractivity (Wildman–Crippen MR) is 188 cm³/mol. The fraction of sp³-hybridized carbons (Fsp3) is 0.784. The molecule has 268 valence electrons. The van der Waals surface area contributed by atoms with Crippen molar-refractivity contribution in [3.63, 3.8) is 0 Å². The van der Waals surface area contributed by atoms with E-state index in [1.165, 1.54) is 51.4 Å². The Morgan fingerprint density at radius 2 is 1.00 bits per heavy atom. The summed E-state index contributed by atoms with van der Waals surface area (Å²) in [6.45, 7) is 3.60. The molecule has 0 amide bonds. The summed E-state index contributed by atoms with van der Waals surface area (Å²) in [6, 6.07) is 0. The number of ether oxygens (including phenoxy) is 2. The molecule has 0 unspecified atom stereocenters. The summed E-state index contributed by atoms with van der Waals surface area (Å²) < 4.78 is 26.2. The molecule has 0 aliphatic rings. The average molecular weight is 671 g/mol. The number of carbonyl (C=O) groups excluding carboxylic acids is 2. The zero-order chi connectivity index (χ0) is 34.0. The summed E-state index contributed by atoms with van der Waals surface area (Å²) in [5.74, 6) is -0.913. The molecular formula is C37H67O8P. The molecule has 8 nitrogen and oxygen atoms in total. The molecule has 0 aliphatic heterocycles. The molecule has 46 heavy (non-hydrogen) atoms. The summed E-state index contributed by atoms with van der Waals surface area (Å²) in [6.07, 6.45) is 37.2. The molecule has 0 aromatic carbocycles. The van der Waals surface area contributed by atoms with Crippen molar-refractivity contribution in [2.45, 2.75) is 174 Å². The van der Waals surface area contributed by atoms with Crippen molar-refractivity contribution in [2.75, 3.05) is 13.2 Å². The minimum absolute atomic E-state index is 0.199. The smallest absolute Gasteiger partial charge is 0.462 e. The first-order valence-electron chi connectivity index (χ1n) is 18.3. The first kappa shape index (κ1) is 44.3. The number of carbonyl (C=O) groups is 2. The highest BCUT2D eigenvalue weighted by Gasteiger charge is 2.22. The molecule has 0 aliphatic carbocycles. The van der Waals surface area contributed by atoms with E-state index in [2.05, 4.69) is 54.8 Å². The first-order valence-corrected chi connectivity index (χ1v) is 19.8. The summed E-state index contributed by atoms with van der Waals surface area (Å²) in [4.78, 5) is 42.6. The Labute approximate surface area is 281 Å². The van der Waals surface area contributed by atoms with E-state index in [1.807, 2.05) is 0 Å². The maximum atomic E-state index is 12.3. The van der Waals surface area contributed by atoms with E-state index in [0.717, 1.165) is 77.0 Å². The Kier molecular flexibility index (Phi) is 31.9. The van der Waals surface area contributed by atoms with Gasteiger partial charge in [-0.25, -0.2) is 4.57 Å². The maximum absolute atomic E-state index is 12.3. The molecular weight excluding hydrogens is 603 g/mol. The van der Waals surface area contributed by atoms with Crippen LogP contribution < -0.4 is 0 Å². The number of hydrogen-bond acceptors (Lipinski definition) is 6. The van der Waals surface area contributed by atoms with Gasteiger partial charge in [-0.15, -0.1) is 0 Å². The average Bonchev–Trinajstić information content (AvgIpc) is 3.02. The molecule has 0 aromatic rings. The molecule has 0 radical (unpaired) electrons. The van der Waals surface area contributed by atoms with Crippen LogP contribution >= 0.6 is 7.82 Å². The van der Waals surface area contributed by atoms with Gasteiger partial charge in [0, 0.05) is 12.8 Å². The summed E-state index contributed by atoms with van der Waals surface area (Å²) >= 11 is 0. The van der Waals surface area contributed by atoms with Gasteiger partial charge in [0.2, 0.25) is 0 Å². The standard InChI is InChI=1S/C37H67O8P/c1-3-5-7-9-11-13-15-17-19-21-23-25-27-29-31-36(38)43-33-35(34-44-46(40,41)42)45-37(39)32-30-28-26-24-22-20-18-16-14-12-10-8-6-4-2/h9,11,15-18,35H,3-8,10,12-14,19-34H2,1-2H3,(H2,40,41,42)/b11-9-,17-15-,18-16-/t35-/m1/s1. The number of phosphoric acid groups is 1. The Morgan fingerprint density at radius 1 is 0.565 bits per heavy atom. The lowest BCUT2D eigenvalue weighted by Crippen LogP contribution is -2.29. The molecule has 9 heteroatoms. The van der Waals surface area contributed by atoms with Crippen LogP contribution in [-0.4, -0.2) is 41.0 Å². The van der Waals surface area contributed by atoms with Crippen LogP contribution in [0.1, 0.15) is 168 Å². The van der Waals surface area contributed by atoms with E-state index in [0.29, 0.717) is 12.8 Å². The van der Waals surface area contributed by atoms with Crippen LogP contribution in [0.4, 0.5) is 0 Å². The molecule has 1 atom stereocenters. The lowest BCUT2D eigenvalue weighted by atomic mass is 10.1. The van der Waals surface area contributed by atoms with Crippen molar-refractivity contribution in [2.24, 2.45) is 0 Å². The molecule has 0 bridgehead atoms. The number of unbranched alkanes of at least 4 members (excludes halogenated alkanes) is 17. The predicted octanol–water partition coefficient (Wildman–Crippen LogP) is 10.6. The van der Waals surface area contributed by atoms with Crippen molar-refractivity contribution in [3.8, 4) is 0 Å². The van der Waals surface area contributed by atoms with Crippen LogP contribution in [0.25, 0.3) is 0 Å². The molecule has 0 aromatic heterocycles. The second-order valence-corrected chi connectivity index (χ2v) is 13.4. The Balaban J connectivity index is 4.02. The van der Waals surface area contributed by atoms with Gasteiger partial charge < -0.3 is 19.3 Å². The highest BCUT2D eigenvalue weighted by molar-refractivity contribution is 7.46. The summed E-state index contributed by atoms with van der Waals surface area (Å²) in [7, 11) is -4.75. The zero-order valence-electron chi connectivity index (χ0n) is 29.2. The van der Waals surface area contributed by atoms with Gasteiger partial charge in [0.1, 0.15) is 6.61 Å². The Hall–Kier alpha value is -1.73. The lowest BCUT2D eigenvalue weighted by Gasteiger charge is -2.18. The molecule has 0 saturated heterocycles. The molecule has 0 heterocycles. The van der Waals surface area contributed by atoms with E-state index in [-0.39, 0.29) is 19.4 Å². The highest BCUT2D eigenvalue weighted by atomic mass is 31.2. The number of rotatable bonds is 33. The SMILES string of the molecule is CCCC/C=C\C/C=C\CCCCCCCC(=O)OC[C@H](COP(=O)(O)O)OC(=O)CCCCCCC/C=C\CCCCCCC. The number of hydrogen-bond donors (Lipinski definition) is 2. The minimum atomic E-state index is -4.75. The van der Waals surface area contributed by atoms with Crippen molar-refractivity contribution in [1.29, 1.82) is 0 Å². The fourth-order valence-electron chi connectivity index (χ4n) is 4.85. The minimum Gasteiger partial charge on any atom is -0.462 e. The van der Waals surface area contributed by atoms with Crippen LogP contribution in [0.3, 0.4) is 0 Å². The van der Waals surface area contributed by atoms with Crippen molar-refractivity contribution < 1.29 is 37.9 Å². The Bertz CT molecular complexity index is 848. The largest absolute Gasteiger partial charge is 0.469 e. The number of phosphoric ester groups is 1.